The Morgan fingerprint density at radius 3 is 1.56 bits per heavy atom. The highest BCUT2D eigenvalue weighted by molar-refractivity contribution is 5.75. The Morgan fingerprint density at radius 1 is 0.639 bits per heavy atom. The fourth-order valence-electron chi connectivity index (χ4n) is 3.80. The van der Waals surface area contributed by atoms with Crippen LogP contribution in [-0.2, 0) is 28.6 Å². The molecule has 0 atom stereocenters. The van der Waals surface area contributed by atoms with Gasteiger partial charge in [0.25, 0.3) is 0 Å². The predicted molar refractivity (Wildman–Crippen MR) is 142 cm³/mol. The molecule has 0 fully saturated rings. The van der Waals surface area contributed by atoms with Crippen LogP contribution in [0.1, 0.15) is 124 Å². The third-order valence-corrected chi connectivity index (χ3v) is 5.62. The maximum Gasteiger partial charge on any atom is 0.329 e. The van der Waals surface area contributed by atoms with Crippen LogP contribution in [0.4, 0.5) is 0 Å². The first kappa shape index (κ1) is 34.3. The summed E-state index contributed by atoms with van der Waals surface area (Å²) in [7, 11) is 0. The van der Waals surface area contributed by atoms with Crippen LogP contribution in [0.5, 0.6) is 0 Å². The van der Waals surface area contributed by atoms with Crippen molar-refractivity contribution in [1.82, 2.24) is 5.32 Å². The number of carboxylic acids is 1. The molecular weight excluding hydrogens is 462 g/mol. The van der Waals surface area contributed by atoms with E-state index in [2.05, 4.69) is 5.32 Å². The van der Waals surface area contributed by atoms with Crippen molar-refractivity contribution in [2.24, 2.45) is 0 Å². The summed E-state index contributed by atoms with van der Waals surface area (Å²) in [6, 6.07) is 0. The molecule has 0 aliphatic carbocycles. The molecule has 8 nitrogen and oxygen atoms in total. The first-order chi connectivity index (χ1) is 17.2. The van der Waals surface area contributed by atoms with E-state index in [9.17, 15) is 14.4 Å². The number of carboxylic acid groups (broad SMARTS) is 1. The van der Waals surface area contributed by atoms with Gasteiger partial charge < -0.3 is 24.6 Å². The van der Waals surface area contributed by atoms with Gasteiger partial charge in [-0.1, -0.05) is 77.0 Å². The molecule has 0 saturated carbocycles. The Labute approximate surface area is 219 Å². The van der Waals surface area contributed by atoms with Gasteiger partial charge >= 0.3 is 11.9 Å². The molecular formula is C28H53NO7. The van der Waals surface area contributed by atoms with Crippen LogP contribution < -0.4 is 5.32 Å². The Bertz CT molecular complexity index is 561. The molecule has 0 heterocycles. The standard InChI is InChI=1S/C28H53NO7/c1-28(2,3)36-27(33)19-17-15-13-11-9-7-5-4-6-8-10-12-14-16-18-25(30)29-20-21-34-22-23-35-24-26(31)32/h4-24H2,1-3H3,(H,29,30)(H,31,32). The van der Waals surface area contributed by atoms with Gasteiger partial charge in [0.05, 0.1) is 19.8 Å². The Kier molecular flexibility index (Phi) is 22.6. The zero-order chi connectivity index (χ0) is 26.9. The summed E-state index contributed by atoms with van der Waals surface area (Å²) in [5.74, 6) is -1.01. The molecule has 0 unspecified atom stereocenters. The van der Waals surface area contributed by atoms with Gasteiger partial charge in [-0.3, -0.25) is 9.59 Å². The van der Waals surface area contributed by atoms with Crippen molar-refractivity contribution < 1.29 is 33.7 Å². The van der Waals surface area contributed by atoms with Crippen molar-refractivity contribution in [3.8, 4) is 0 Å². The van der Waals surface area contributed by atoms with E-state index in [1.54, 1.807) is 0 Å². The number of unbranched alkanes of at least 4 members (excludes halogenated alkanes) is 13. The molecule has 0 aromatic rings. The van der Waals surface area contributed by atoms with Crippen LogP contribution in [0.3, 0.4) is 0 Å². The second-order valence-corrected chi connectivity index (χ2v) is 10.4. The fourth-order valence-corrected chi connectivity index (χ4v) is 3.80. The second-order valence-electron chi connectivity index (χ2n) is 10.4. The van der Waals surface area contributed by atoms with Crippen molar-refractivity contribution in [3.63, 3.8) is 0 Å². The molecule has 36 heavy (non-hydrogen) atoms. The van der Waals surface area contributed by atoms with E-state index < -0.39 is 5.97 Å². The van der Waals surface area contributed by atoms with Crippen LogP contribution in [0.25, 0.3) is 0 Å². The summed E-state index contributed by atoms with van der Waals surface area (Å²) in [4.78, 5) is 33.7. The van der Waals surface area contributed by atoms with E-state index in [1.807, 2.05) is 20.8 Å². The van der Waals surface area contributed by atoms with Crippen molar-refractivity contribution in [3.05, 3.63) is 0 Å². The summed E-state index contributed by atoms with van der Waals surface area (Å²) < 4.78 is 15.4. The van der Waals surface area contributed by atoms with Crippen LogP contribution in [0, 0.1) is 0 Å². The largest absolute Gasteiger partial charge is 0.480 e. The molecule has 2 N–H and O–H groups in total. The second kappa shape index (κ2) is 23.7. The number of carbonyl (C=O) groups excluding carboxylic acids is 2. The molecule has 0 aromatic carbocycles. The maximum atomic E-state index is 11.8. The molecule has 0 spiro atoms. The SMILES string of the molecule is CC(C)(C)OC(=O)CCCCCCCCCCCCCCCCC(=O)NCCOCCOCC(=O)O. The minimum atomic E-state index is -0.994. The molecule has 1 amide bonds. The lowest BCUT2D eigenvalue weighted by molar-refractivity contribution is -0.155. The highest BCUT2D eigenvalue weighted by atomic mass is 16.6. The summed E-state index contributed by atoms with van der Waals surface area (Å²) in [6.45, 7) is 6.83. The van der Waals surface area contributed by atoms with Crippen molar-refractivity contribution >= 4 is 17.8 Å². The van der Waals surface area contributed by atoms with Crippen LogP contribution in [0.2, 0.25) is 0 Å². The van der Waals surface area contributed by atoms with Gasteiger partial charge in [0.1, 0.15) is 12.2 Å². The van der Waals surface area contributed by atoms with E-state index in [1.165, 1.54) is 64.2 Å². The number of esters is 1. The smallest absolute Gasteiger partial charge is 0.329 e. The third kappa shape index (κ3) is 28.6. The number of hydrogen-bond donors (Lipinski definition) is 2. The lowest BCUT2D eigenvalue weighted by Gasteiger charge is -2.19. The minimum Gasteiger partial charge on any atom is -0.480 e. The Balaban J connectivity index is 3.23. The normalized spacial score (nSPS) is 11.4. The molecule has 0 aliphatic heterocycles. The Hall–Kier alpha value is -1.67. The lowest BCUT2D eigenvalue weighted by atomic mass is 10.0. The first-order valence-electron chi connectivity index (χ1n) is 14.1. The molecule has 0 aromatic heterocycles. The van der Waals surface area contributed by atoms with Gasteiger partial charge in [0.2, 0.25) is 5.91 Å². The molecule has 0 bridgehead atoms. The van der Waals surface area contributed by atoms with Gasteiger partial charge in [0.15, 0.2) is 0 Å². The van der Waals surface area contributed by atoms with Gasteiger partial charge in [-0.25, -0.2) is 4.79 Å². The highest BCUT2D eigenvalue weighted by Crippen LogP contribution is 2.15. The van der Waals surface area contributed by atoms with Gasteiger partial charge in [0, 0.05) is 19.4 Å². The van der Waals surface area contributed by atoms with E-state index >= 15 is 0 Å². The van der Waals surface area contributed by atoms with E-state index in [0.717, 1.165) is 25.7 Å². The topological polar surface area (TPSA) is 111 Å². The van der Waals surface area contributed by atoms with Crippen molar-refractivity contribution in [1.29, 1.82) is 0 Å². The van der Waals surface area contributed by atoms with Crippen LogP contribution >= 0.6 is 0 Å². The fraction of sp³-hybridized carbons (Fsp3) is 0.893. The van der Waals surface area contributed by atoms with E-state index in [0.29, 0.717) is 32.6 Å². The molecule has 0 saturated heterocycles. The molecule has 8 heteroatoms. The van der Waals surface area contributed by atoms with Crippen LogP contribution in [0.15, 0.2) is 0 Å². The van der Waals surface area contributed by atoms with Gasteiger partial charge in [-0.2, -0.15) is 0 Å². The molecule has 212 valence electrons. The van der Waals surface area contributed by atoms with Gasteiger partial charge in [-0.05, 0) is 33.6 Å². The minimum absolute atomic E-state index is 0.0590. The van der Waals surface area contributed by atoms with E-state index in [-0.39, 0.29) is 30.7 Å². The summed E-state index contributed by atoms with van der Waals surface area (Å²) in [6.07, 6.45) is 17.9. The summed E-state index contributed by atoms with van der Waals surface area (Å²) >= 11 is 0. The molecule has 0 aliphatic rings. The number of amides is 1. The van der Waals surface area contributed by atoms with Crippen molar-refractivity contribution in [2.75, 3.05) is 33.0 Å². The highest BCUT2D eigenvalue weighted by Gasteiger charge is 2.15. The molecule has 0 radical (unpaired) electrons. The zero-order valence-electron chi connectivity index (χ0n) is 23.2. The molecule has 0 rings (SSSR count). The number of ether oxygens (including phenoxy) is 3. The third-order valence-electron chi connectivity index (χ3n) is 5.62. The number of carbonyl (C=O) groups is 3. The number of rotatable bonds is 25. The predicted octanol–water partition coefficient (Wildman–Crippen LogP) is 5.80. The Morgan fingerprint density at radius 2 is 1.08 bits per heavy atom. The number of hydrogen-bond acceptors (Lipinski definition) is 6. The quantitative estimate of drug-likeness (QED) is 0.117. The van der Waals surface area contributed by atoms with Crippen molar-refractivity contribution in [2.45, 2.75) is 129 Å². The van der Waals surface area contributed by atoms with E-state index in [4.69, 9.17) is 19.3 Å². The summed E-state index contributed by atoms with van der Waals surface area (Å²) in [5, 5.41) is 11.3. The first-order valence-corrected chi connectivity index (χ1v) is 14.1. The van der Waals surface area contributed by atoms with Gasteiger partial charge in [-0.15, -0.1) is 0 Å². The monoisotopic (exact) mass is 515 g/mol. The maximum absolute atomic E-state index is 11.8. The number of aliphatic carboxylic acids is 1. The lowest BCUT2D eigenvalue weighted by Crippen LogP contribution is -2.27. The van der Waals surface area contributed by atoms with Crippen LogP contribution in [-0.4, -0.2) is 61.5 Å². The summed E-state index contributed by atoms with van der Waals surface area (Å²) in [5.41, 5.74) is -0.377. The average Bonchev–Trinajstić information content (AvgIpc) is 2.79. The zero-order valence-corrected chi connectivity index (χ0v) is 23.2. The average molecular weight is 516 g/mol. The number of nitrogens with one attached hydrogen (secondary N) is 1.